The van der Waals surface area contributed by atoms with Crippen LogP contribution in [0.25, 0.3) is 0 Å². The molecule has 0 radical (unpaired) electrons. The average Bonchev–Trinajstić information content (AvgIpc) is 3.02. The lowest BCUT2D eigenvalue weighted by Gasteiger charge is -2.23. The number of carbonyl (C=O) groups excluding carboxylic acids is 1. The van der Waals surface area contributed by atoms with Crippen LogP contribution in [-0.2, 0) is 22.7 Å². The summed E-state index contributed by atoms with van der Waals surface area (Å²) in [5, 5.41) is 11.7. The second-order valence-corrected chi connectivity index (χ2v) is 7.28. The van der Waals surface area contributed by atoms with Gasteiger partial charge >= 0.3 is 5.97 Å². The monoisotopic (exact) mass is 347 g/mol. The summed E-state index contributed by atoms with van der Waals surface area (Å²) in [6, 6.07) is 13.1. The summed E-state index contributed by atoms with van der Waals surface area (Å²) in [7, 11) is 0. The molecule has 2 aromatic rings. The zero-order valence-electron chi connectivity index (χ0n) is 13.7. The van der Waals surface area contributed by atoms with Crippen molar-refractivity contribution in [1.82, 2.24) is 5.32 Å². The van der Waals surface area contributed by atoms with E-state index in [1.807, 2.05) is 44.2 Å². The van der Waals surface area contributed by atoms with E-state index >= 15 is 0 Å². The Morgan fingerprint density at radius 3 is 2.50 bits per heavy atom. The molecule has 0 saturated carbocycles. The van der Waals surface area contributed by atoms with E-state index in [4.69, 9.17) is 9.84 Å². The highest BCUT2D eigenvalue weighted by Crippen LogP contribution is 2.19. The molecule has 0 atom stereocenters. The largest absolute Gasteiger partial charge is 0.477 e. The van der Waals surface area contributed by atoms with Crippen molar-refractivity contribution in [2.45, 2.75) is 27.0 Å². The molecular weight excluding hydrogens is 326 g/mol. The highest BCUT2D eigenvalue weighted by atomic mass is 32.1. The normalized spacial score (nSPS) is 11.2. The van der Waals surface area contributed by atoms with Crippen LogP contribution in [0.2, 0.25) is 0 Å². The van der Waals surface area contributed by atoms with Gasteiger partial charge in [-0.05, 0) is 31.5 Å². The molecule has 1 heterocycles. The van der Waals surface area contributed by atoms with Crippen molar-refractivity contribution in [2.24, 2.45) is 5.41 Å². The van der Waals surface area contributed by atoms with Gasteiger partial charge in [-0.3, -0.25) is 4.79 Å². The van der Waals surface area contributed by atoms with Gasteiger partial charge in [0, 0.05) is 4.88 Å². The first-order valence-electron chi connectivity index (χ1n) is 7.60. The van der Waals surface area contributed by atoms with Crippen LogP contribution in [0.5, 0.6) is 0 Å². The van der Waals surface area contributed by atoms with Crippen molar-refractivity contribution in [3.63, 3.8) is 0 Å². The number of rotatable bonds is 8. The molecule has 0 aliphatic carbocycles. The molecule has 0 aliphatic rings. The van der Waals surface area contributed by atoms with Crippen LogP contribution in [0, 0.1) is 5.41 Å². The van der Waals surface area contributed by atoms with Gasteiger partial charge in [-0.25, -0.2) is 4.79 Å². The van der Waals surface area contributed by atoms with Gasteiger partial charge in [0.25, 0.3) is 0 Å². The van der Waals surface area contributed by atoms with Gasteiger partial charge in [0.2, 0.25) is 5.91 Å². The molecular formula is C18H21NO4S. The van der Waals surface area contributed by atoms with Gasteiger partial charge in [-0.15, -0.1) is 11.3 Å². The van der Waals surface area contributed by atoms with Crippen LogP contribution in [0.1, 0.15) is 34.0 Å². The third kappa shape index (κ3) is 5.18. The van der Waals surface area contributed by atoms with Crippen LogP contribution < -0.4 is 5.32 Å². The number of carboxylic acids is 1. The number of ether oxygens (including phenoxy) is 1. The minimum absolute atomic E-state index is 0.124. The predicted octanol–water partition coefficient (Wildman–Crippen LogP) is 3.31. The SMILES string of the molecule is CC(C)(COCc1ccccc1)C(=O)NCc1ccc(C(=O)O)s1. The van der Waals surface area contributed by atoms with Gasteiger partial charge < -0.3 is 15.2 Å². The second-order valence-electron chi connectivity index (χ2n) is 6.12. The first-order chi connectivity index (χ1) is 11.4. The number of thiophene rings is 1. The topological polar surface area (TPSA) is 75.6 Å². The molecule has 2 N–H and O–H groups in total. The third-order valence-electron chi connectivity index (χ3n) is 3.48. The lowest BCUT2D eigenvalue weighted by molar-refractivity contribution is -0.133. The van der Waals surface area contributed by atoms with Crippen molar-refractivity contribution < 1.29 is 19.4 Å². The van der Waals surface area contributed by atoms with E-state index in [-0.39, 0.29) is 10.8 Å². The van der Waals surface area contributed by atoms with Crippen LogP contribution in [0.3, 0.4) is 0 Å². The van der Waals surface area contributed by atoms with Crippen molar-refractivity contribution >= 4 is 23.2 Å². The number of amides is 1. The molecule has 6 heteroatoms. The number of hydrogen-bond acceptors (Lipinski definition) is 4. The zero-order valence-corrected chi connectivity index (χ0v) is 14.6. The Bertz CT molecular complexity index is 694. The fourth-order valence-electron chi connectivity index (χ4n) is 2.06. The van der Waals surface area contributed by atoms with Crippen LogP contribution in [-0.4, -0.2) is 23.6 Å². The predicted molar refractivity (Wildman–Crippen MR) is 93.0 cm³/mol. The lowest BCUT2D eigenvalue weighted by Crippen LogP contribution is -2.39. The molecule has 0 spiro atoms. The van der Waals surface area contributed by atoms with Crippen LogP contribution in [0.4, 0.5) is 0 Å². The van der Waals surface area contributed by atoms with Crippen molar-refractivity contribution in [3.8, 4) is 0 Å². The zero-order chi connectivity index (χ0) is 17.6. The molecule has 1 aromatic carbocycles. The highest BCUT2D eigenvalue weighted by Gasteiger charge is 2.27. The molecule has 0 saturated heterocycles. The second kappa shape index (κ2) is 8.08. The Labute approximate surface area is 145 Å². The van der Waals surface area contributed by atoms with Crippen LogP contribution in [0.15, 0.2) is 42.5 Å². The summed E-state index contributed by atoms with van der Waals surface area (Å²) < 4.78 is 5.66. The number of hydrogen-bond donors (Lipinski definition) is 2. The highest BCUT2D eigenvalue weighted by molar-refractivity contribution is 7.13. The number of nitrogens with one attached hydrogen (secondary N) is 1. The Morgan fingerprint density at radius 2 is 1.88 bits per heavy atom. The summed E-state index contributed by atoms with van der Waals surface area (Å²) in [5.41, 5.74) is 0.398. The summed E-state index contributed by atoms with van der Waals surface area (Å²) >= 11 is 1.16. The molecule has 1 amide bonds. The van der Waals surface area contributed by atoms with Crippen molar-refractivity contribution in [2.75, 3.05) is 6.61 Å². The van der Waals surface area contributed by atoms with Gasteiger partial charge in [0.05, 0.1) is 25.2 Å². The Hall–Kier alpha value is -2.18. The fraction of sp³-hybridized carbons (Fsp3) is 0.333. The first kappa shape index (κ1) is 18.2. The van der Waals surface area contributed by atoms with Gasteiger partial charge in [0.1, 0.15) is 4.88 Å². The number of carbonyl (C=O) groups is 2. The molecule has 5 nitrogen and oxygen atoms in total. The van der Waals surface area contributed by atoms with Crippen molar-refractivity contribution in [1.29, 1.82) is 0 Å². The molecule has 0 unspecified atom stereocenters. The smallest absolute Gasteiger partial charge is 0.345 e. The Kier molecular flexibility index (Phi) is 6.11. The van der Waals surface area contributed by atoms with E-state index < -0.39 is 11.4 Å². The quantitative estimate of drug-likeness (QED) is 0.768. The van der Waals surface area contributed by atoms with Gasteiger partial charge in [0.15, 0.2) is 0 Å². The van der Waals surface area contributed by atoms with E-state index in [9.17, 15) is 9.59 Å². The van der Waals surface area contributed by atoms with E-state index in [1.165, 1.54) is 0 Å². The molecule has 2 rings (SSSR count). The maximum absolute atomic E-state index is 12.3. The van der Waals surface area contributed by atoms with E-state index in [2.05, 4.69) is 5.32 Å². The average molecular weight is 347 g/mol. The molecule has 24 heavy (non-hydrogen) atoms. The molecule has 1 aromatic heterocycles. The molecule has 0 aliphatic heterocycles. The molecule has 128 valence electrons. The Balaban J connectivity index is 1.79. The van der Waals surface area contributed by atoms with E-state index in [1.54, 1.807) is 12.1 Å². The summed E-state index contributed by atoms with van der Waals surface area (Å²) in [4.78, 5) is 24.2. The van der Waals surface area contributed by atoms with E-state index in [0.717, 1.165) is 21.8 Å². The van der Waals surface area contributed by atoms with Gasteiger partial charge in [-0.1, -0.05) is 30.3 Å². The summed E-state index contributed by atoms with van der Waals surface area (Å²) in [5.74, 6) is -1.08. The lowest BCUT2D eigenvalue weighted by atomic mass is 9.93. The fourth-order valence-corrected chi connectivity index (χ4v) is 2.84. The number of benzene rings is 1. The maximum atomic E-state index is 12.3. The minimum Gasteiger partial charge on any atom is -0.477 e. The van der Waals surface area contributed by atoms with Gasteiger partial charge in [-0.2, -0.15) is 0 Å². The Morgan fingerprint density at radius 1 is 1.17 bits per heavy atom. The minimum atomic E-state index is -0.952. The molecule has 0 fully saturated rings. The molecule has 0 bridgehead atoms. The van der Waals surface area contributed by atoms with E-state index in [0.29, 0.717) is 19.8 Å². The summed E-state index contributed by atoms with van der Waals surface area (Å²) in [6.45, 7) is 4.73. The van der Waals surface area contributed by atoms with Crippen LogP contribution >= 0.6 is 11.3 Å². The van der Waals surface area contributed by atoms with Crippen molar-refractivity contribution in [3.05, 3.63) is 57.8 Å². The first-order valence-corrected chi connectivity index (χ1v) is 8.42. The number of aromatic carboxylic acids is 1. The number of carboxylic acid groups (broad SMARTS) is 1. The maximum Gasteiger partial charge on any atom is 0.345 e. The third-order valence-corrected chi connectivity index (χ3v) is 4.56. The summed E-state index contributed by atoms with van der Waals surface area (Å²) in [6.07, 6.45) is 0. The standard InChI is InChI=1S/C18H21NO4S/c1-18(2,12-23-11-13-6-4-3-5-7-13)17(22)19-10-14-8-9-15(24-14)16(20)21/h3-9H,10-12H2,1-2H3,(H,19,22)(H,20,21).